The van der Waals surface area contributed by atoms with E-state index in [2.05, 4.69) is 5.32 Å². The van der Waals surface area contributed by atoms with Gasteiger partial charge in [-0.05, 0) is 18.4 Å². The Bertz CT molecular complexity index is 246. The number of carboxylic acid groups (broad SMARTS) is 1. The summed E-state index contributed by atoms with van der Waals surface area (Å²) in [5, 5.41) is 13.4. The van der Waals surface area contributed by atoms with Crippen molar-refractivity contribution >= 4 is 17.3 Å². The van der Waals surface area contributed by atoms with E-state index in [1.807, 2.05) is 17.5 Å². The van der Waals surface area contributed by atoms with Crippen molar-refractivity contribution < 1.29 is 9.90 Å². The van der Waals surface area contributed by atoms with Crippen LogP contribution in [0.5, 0.6) is 0 Å². The van der Waals surface area contributed by atoms with Crippen LogP contribution in [0.25, 0.3) is 0 Å². The zero-order valence-corrected chi connectivity index (χ0v) is 7.60. The van der Waals surface area contributed by atoms with Crippen molar-refractivity contribution in [1.82, 2.24) is 5.32 Å². The minimum absolute atomic E-state index is 0.480. The molecule has 0 saturated heterocycles. The fourth-order valence-electron chi connectivity index (χ4n) is 0.754. The van der Waals surface area contributed by atoms with Crippen molar-refractivity contribution in [3.05, 3.63) is 22.4 Å². The second-order valence-electron chi connectivity index (χ2n) is 2.52. The van der Waals surface area contributed by atoms with E-state index in [1.54, 1.807) is 18.3 Å². The zero-order valence-electron chi connectivity index (χ0n) is 6.78. The number of carbonyl (C=O) groups is 1. The molecule has 0 unspecified atom stereocenters. The van der Waals surface area contributed by atoms with Crippen molar-refractivity contribution in [3.8, 4) is 0 Å². The Kier molecular flexibility index (Phi) is 3.25. The van der Waals surface area contributed by atoms with Gasteiger partial charge in [-0.25, -0.2) is 0 Å². The lowest BCUT2D eigenvalue weighted by Gasteiger charge is -2.06. The summed E-state index contributed by atoms with van der Waals surface area (Å²) in [6.07, 6.45) is 0. The lowest BCUT2D eigenvalue weighted by molar-refractivity contribution is -0.139. The van der Waals surface area contributed by atoms with Crippen molar-refractivity contribution in [1.29, 1.82) is 0 Å². The van der Waals surface area contributed by atoms with Gasteiger partial charge in [-0.2, -0.15) is 0 Å². The smallest absolute Gasteiger partial charge is 0.320 e. The van der Waals surface area contributed by atoms with E-state index in [-0.39, 0.29) is 0 Å². The zero-order chi connectivity index (χ0) is 8.97. The molecule has 4 heteroatoms. The highest BCUT2D eigenvalue weighted by molar-refractivity contribution is 7.09. The summed E-state index contributed by atoms with van der Waals surface area (Å²) in [4.78, 5) is 11.6. The molecule has 0 fully saturated rings. The molecule has 12 heavy (non-hydrogen) atoms. The largest absolute Gasteiger partial charge is 0.480 e. The molecule has 1 rings (SSSR count). The lowest BCUT2D eigenvalue weighted by Crippen LogP contribution is -2.32. The van der Waals surface area contributed by atoms with Gasteiger partial charge in [0.05, 0.1) is 0 Å². The van der Waals surface area contributed by atoms with Crippen LogP contribution in [-0.2, 0) is 11.3 Å². The van der Waals surface area contributed by atoms with E-state index in [9.17, 15) is 4.79 Å². The molecule has 0 aromatic carbocycles. The first-order valence-electron chi connectivity index (χ1n) is 3.68. The van der Waals surface area contributed by atoms with Gasteiger partial charge in [-0.15, -0.1) is 11.3 Å². The maximum absolute atomic E-state index is 10.4. The van der Waals surface area contributed by atoms with E-state index in [0.29, 0.717) is 6.54 Å². The number of hydrogen-bond donors (Lipinski definition) is 2. The van der Waals surface area contributed by atoms with Crippen LogP contribution in [0.1, 0.15) is 11.8 Å². The highest BCUT2D eigenvalue weighted by Gasteiger charge is 2.08. The van der Waals surface area contributed by atoms with Crippen molar-refractivity contribution in [2.75, 3.05) is 0 Å². The Hall–Kier alpha value is -0.870. The van der Waals surface area contributed by atoms with Crippen LogP contribution in [0.4, 0.5) is 0 Å². The number of rotatable bonds is 4. The van der Waals surface area contributed by atoms with Crippen molar-refractivity contribution in [2.24, 2.45) is 0 Å². The fourth-order valence-corrected chi connectivity index (χ4v) is 1.41. The molecule has 66 valence electrons. The van der Waals surface area contributed by atoms with Crippen molar-refractivity contribution in [3.63, 3.8) is 0 Å². The molecular formula is C8H11NO2S. The molecule has 0 bridgehead atoms. The molecule has 0 aliphatic rings. The molecule has 0 aliphatic carbocycles. The molecule has 0 radical (unpaired) electrons. The first kappa shape index (κ1) is 9.22. The fraction of sp³-hybridized carbons (Fsp3) is 0.375. The number of thiophene rings is 1. The van der Waals surface area contributed by atoms with Gasteiger partial charge in [0.1, 0.15) is 6.04 Å². The maximum atomic E-state index is 10.4. The topological polar surface area (TPSA) is 49.3 Å². The monoisotopic (exact) mass is 185 g/mol. The number of nitrogens with one attached hydrogen (secondary N) is 1. The third kappa shape index (κ3) is 2.64. The minimum atomic E-state index is -0.813. The van der Waals surface area contributed by atoms with E-state index in [4.69, 9.17) is 5.11 Å². The number of hydrogen-bond acceptors (Lipinski definition) is 3. The van der Waals surface area contributed by atoms with E-state index in [1.165, 1.54) is 0 Å². The van der Waals surface area contributed by atoms with Crippen LogP contribution >= 0.6 is 11.3 Å². The van der Waals surface area contributed by atoms with Crippen LogP contribution in [0.3, 0.4) is 0 Å². The second kappa shape index (κ2) is 4.23. The molecule has 2 N–H and O–H groups in total. The van der Waals surface area contributed by atoms with Crippen molar-refractivity contribution in [2.45, 2.75) is 19.5 Å². The summed E-state index contributed by atoms with van der Waals surface area (Å²) in [5.41, 5.74) is 0. The molecule has 1 aromatic heterocycles. The first-order chi connectivity index (χ1) is 5.70. The van der Waals surface area contributed by atoms with Crippen LogP contribution in [0.15, 0.2) is 17.5 Å². The Morgan fingerprint density at radius 1 is 1.83 bits per heavy atom. The Labute approximate surface area is 75.0 Å². The molecule has 0 saturated carbocycles. The molecule has 0 amide bonds. The SMILES string of the molecule is C[C@H](NCc1cccs1)C(=O)O. The third-order valence-electron chi connectivity index (χ3n) is 1.53. The molecule has 3 nitrogen and oxygen atoms in total. The third-order valence-corrected chi connectivity index (χ3v) is 2.41. The molecule has 1 heterocycles. The summed E-state index contributed by atoms with van der Waals surface area (Å²) in [6, 6.07) is 3.45. The maximum Gasteiger partial charge on any atom is 0.320 e. The first-order valence-corrected chi connectivity index (χ1v) is 4.56. The van der Waals surface area contributed by atoms with Gasteiger partial charge < -0.3 is 5.11 Å². The summed E-state index contributed by atoms with van der Waals surface area (Å²) in [6.45, 7) is 2.26. The molecular weight excluding hydrogens is 174 g/mol. The second-order valence-corrected chi connectivity index (χ2v) is 3.55. The molecule has 0 spiro atoms. The average molecular weight is 185 g/mol. The van der Waals surface area contributed by atoms with E-state index < -0.39 is 12.0 Å². The summed E-state index contributed by atoms with van der Waals surface area (Å²) in [7, 11) is 0. The molecule has 1 atom stereocenters. The Morgan fingerprint density at radius 3 is 3.08 bits per heavy atom. The number of aliphatic carboxylic acids is 1. The van der Waals surface area contributed by atoms with Gasteiger partial charge in [0.2, 0.25) is 0 Å². The predicted molar refractivity (Wildman–Crippen MR) is 48.3 cm³/mol. The van der Waals surface area contributed by atoms with E-state index >= 15 is 0 Å². The summed E-state index contributed by atoms with van der Waals surface area (Å²) < 4.78 is 0. The van der Waals surface area contributed by atoms with Gasteiger partial charge in [0, 0.05) is 11.4 Å². The minimum Gasteiger partial charge on any atom is -0.480 e. The highest BCUT2D eigenvalue weighted by Crippen LogP contribution is 2.07. The molecule has 0 aliphatic heterocycles. The van der Waals surface area contributed by atoms with Gasteiger partial charge in [-0.3, -0.25) is 10.1 Å². The average Bonchev–Trinajstić information content (AvgIpc) is 2.51. The van der Waals surface area contributed by atoms with Gasteiger partial charge >= 0.3 is 5.97 Å². The summed E-state index contributed by atoms with van der Waals surface area (Å²) >= 11 is 1.62. The standard InChI is InChI=1S/C8H11NO2S/c1-6(8(10)11)9-5-7-3-2-4-12-7/h2-4,6,9H,5H2,1H3,(H,10,11)/t6-/m0/s1. The lowest BCUT2D eigenvalue weighted by atomic mass is 10.3. The van der Waals surface area contributed by atoms with Crippen LogP contribution in [-0.4, -0.2) is 17.1 Å². The predicted octanol–water partition coefficient (Wildman–Crippen LogP) is 1.31. The number of carboxylic acids is 1. The van der Waals surface area contributed by atoms with Crippen LogP contribution < -0.4 is 5.32 Å². The summed E-state index contributed by atoms with van der Waals surface area (Å²) in [5.74, 6) is -0.813. The molecule has 1 aromatic rings. The Balaban J connectivity index is 2.31. The Morgan fingerprint density at radius 2 is 2.58 bits per heavy atom. The highest BCUT2D eigenvalue weighted by atomic mass is 32.1. The van der Waals surface area contributed by atoms with E-state index in [0.717, 1.165) is 4.88 Å². The van der Waals surface area contributed by atoms with Gasteiger partial charge in [0.15, 0.2) is 0 Å². The van der Waals surface area contributed by atoms with Crippen LogP contribution in [0, 0.1) is 0 Å². The van der Waals surface area contributed by atoms with Crippen LogP contribution in [0.2, 0.25) is 0 Å². The quantitative estimate of drug-likeness (QED) is 0.743. The van der Waals surface area contributed by atoms with Gasteiger partial charge in [0.25, 0.3) is 0 Å². The van der Waals surface area contributed by atoms with Gasteiger partial charge in [-0.1, -0.05) is 6.07 Å². The normalized spacial score (nSPS) is 12.8.